The maximum absolute atomic E-state index is 12.3. The molecule has 0 spiro atoms. The fraction of sp³-hybridized carbons (Fsp3) is 0.235. The molecule has 0 amide bonds. The van der Waals surface area contributed by atoms with Crippen LogP contribution in [0.1, 0.15) is 34.3 Å². The van der Waals surface area contributed by atoms with Crippen LogP contribution in [0.15, 0.2) is 29.1 Å². The smallest absolute Gasteiger partial charge is 0.491 e. The second kappa shape index (κ2) is 6.01. The Kier molecular flexibility index (Phi) is 4.09. The molecule has 0 aliphatic heterocycles. The Morgan fingerprint density at radius 3 is 2.58 bits per heavy atom. The van der Waals surface area contributed by atoms with E-state index in [1.54, 1.807) is 19.1 Å². The van der Waals surface area contributed by atoms with Crippen molar-refractivity contribution in [1.29, 1.82) is 0 Å². The Morgan fingerprint density at radius 1 is 1.27 bits per heavy atom. The maximum atomic E-state index is 12.3. The molecule has 0 radical (unpaired) electrons. The molecule has 1 atom stereocenters. The lowest BCUT2D eigenvalue weighted by molar-refractivity contribution is -0.193. The molecule has 1 aromatic heterocycles. The number of aromatic hydroxyl groups is 1. The van der Waals surface area contributed by atoms with Crippen molar-refractivity contribution in [1.82, 2.24) is 4.98 Å². The average Bonchev–Trinajstić information content (AvgIpc) is 2.53. The van der Waals surface area contributed by atoms with Crippen molar-refractivity contribution in [2.75, 3.05) is 0 Å². The molecule has 0 fully saturated rings. The van der Waals surface area contributed by atoms with Crippen LogP contribution in [0.5, 0.6) is 5.75 Å². The predicted octanol–water partition coefficient (Wildman–Crippen LogP) is 2.65. The highest BCUT2D eigenvalue weighted by molar-refractivity contribution is 6.00. The van der Waals surface area contributed by atoms with E-state index in [1.807, 2.05) is 12.1 Å². The van der Waals surface area contributed by atoms with Crippen molar-refractivity contribution in [2.45, 2.75) is 25.4 Å². The number of rotatable bonds is 1. The van der Waals surface area contributed by atoms with Gasteiger partial charge in [0, 0.05) is 11.1 Å². The van der Waals surface area contributed by atoms with Gasteiger partial charge in [-0.1, -0.05) is 31.2 Å². The predicted molar refractivity (Wildman–Crippen MR) is 82.8 cm³/mol. The molecule has 136 valence electrons. The Hall–Kier alpha value is -3.10. The number of H-pyrrole nitrogens is 1. The second-order valence-electron chi connectivity index (χ2n) is 5.90. The lowest BCUT2D eigenvalue weighted by Gasteiger charge is -2.26. The van der Waals surface area contributed by atoms with E-state index in [2.05, 4.69) is 9.72 Å². The Labute approximate surface area is 144 Å². The van der Waals surface area contributed by atoms with E-state index in [-0.39, 0.29) is 17.2 Å². The Balaban J connectivity index is 2.12. The molecule has 26 heavy (non-hydrogen) atoms. The number of carbonyl (C=O) groups is 2. The molecule has 0 bridgehead atoms. The zero-order valence-corrected chi connectivity index (χ0v) is 13.3. The third-order valence-electron chi connectivity index (χ3n) is 4.15. The van der Waals surface area contributed by atoms with Crippen molar-refractivity contribution in [2.24, 2.45) is 0 Å². The van der Waals surface area contributed by atoms with E-state index in [4.69, 9.17) is 0 Å². The van der Waals surface area contributed by atoms with Gasteiger partial charge in [0.15, 0.2) is 5.56 Å². The monoisotopic (exact) mass is 367 g/mol. The number of alkyl halides is 3. The van der Waals surface area contributed by atoms with Crippen molar-refractivity contribution < 1.29 is 32.6 Å². The minimum Gasteiger partial charge on any atom is -0.506 e. The van der Waals surface area contributed by atoms with Crippen LogP contribution in [-0.2, 0) is 16.0 Å². The van der Waals surface area contributed by atoms with Gasteiger partial charge < -0.3 is 14.8 Å². The summed E-state index contributed by atoms with van der Waals surface area (Å²) < 4.78 is 40.4. The highest BCUT2D eigenvalue weighted by Crippen LogP contribution is 2.42. The molecule has 9 heteroatoms. The zero-order chi connectivity index (χ0) is 19.2. The van der Waals surface area contributed by atoms with E-state index >= 15 is 0 Å². The molecule has 2 aromatic rings. The van der Waals surface area contributed by atoms with Gasteiger partial charge in [-0.05, 0) is 17.9 Å². The maximum Gasteiger partial charge on any atom is 0.491 e. The summed E-state index contributed by atoms with van der Waals surface area (Å²) in [7, 11) is 0. The minimum absolute atomic E-state index is 0.203. The lowest BCUT2D eigenvalue weighted by atomic mass is 9.81. The van der Waals surface area contributed by atoms with Crippen molar-refractivity contribution in [3.05, 3.63) is 51.3 Å². The lowest BCUT2D eigenvalue weighted by Crippen LogP contribution is -2.31. The molecule has 1 aliphatic carbocycles. The van der Waals surface area contributed by atoms with Crippen molar-refractivity contribution in [3.63, 3.8) is 0 Å². The normalized spacial score (nSPS) is 15.8. The molecule has 0 saturated heterocycles. The largest absolute Gasteiger partial charge is 0.506 e. The molecular weight excluding hydrogens is 355 g/mol. The van der Waals surface area contributed by atoms with Gasteiger partial charge in [0.05, 0.1) is 5.69 Å². The van der Waals surface area contributed by atoms with Crippen LogP contribution in [-0.4, -0.2) is 28.2 Å². The van der Waals surface area contributed by atoms with Crippen LogP contribution >= 0.6 is 0 Å². The first-order valence-electron chi connectivity index (χ1n) is 7.52. The van der Waals surface area contributed by atoms with Gasteiger partial charge in [-0.2, -0.15) is 13.2 Å². The number of carbonyl (C=O) groups excluding carboxylic acids is 2. The number of hydrogen-bond donors (Lipinski definition) is 2. The van der Waals surface area contributed by atoms with E-state index < -0.39 is 35.0 Å². The molecule has 1 aliphatic rings. The number of esters is 2. The third kappa shape index (κ3) is 2.85. The molecule has 3 rings (SSSR count). The van der Waals surface area contributed by atoms with Gasteiger partial charge >= 0.3 is 18.1 Å². The van der Waals surface area contributed by atoms with Crippen LogP contribution in [0.2, 0.25) is 0 Å². The fourth-order valence-electron chi connectivity index (χ4n) is 3.05. The molecule has 2 N–H and O–H groups in total. The van der Waals surface area contributed by atoms with Gasteiger partial charge in [0.25, 0.3) is 5.56 Å². The second-order valence-corrected chi connectivity index (χ2v) is 5.90. The number of nitrogens with one attached hydrogen (secondary N) is 1. The van der Waals surface area contributed by atoms with E-state index in [0.29, 0.717) is 12.0 Å². The fourth-order valence-corrected chi connectivity index (χ4v) is 3.05. The standard InChI is InChI=1S/C17H12F3NO5/c1-7-6-8-4-2-3-5-9(8)12-10(7)13(22)11(14(23)21-12)15(24)26-16(25)17(18,19)20/h2-5,7H,6H2,1H3,(H2,21,22,23). The molecule has 1 aromatic carbocycles. The number of pyridine rings is 1. The molecule has 1 unspecified atom stereocenters. The van der Waals surface area contributed by atoms with Gasteiger partial charge in [0.1, 0.15) is 5.75 Å². The zero-order valence-electron chi connectivity index (χ0n) is 13.3. The Bertz CT molecular complexity index is 977. The molecule has 1 heterocycles. The summed E-state index contributed by atoms with van der Waals surface area (Å²) in [5.74, 6) is -5.75. The number of aromatic amines is 1. The van der Waals surface area contributed by atoms with Gasteiger partial charge in [-0.15, -0.1) is 0 Å². The quantitative estimate of drug-likeness (QED) is 0.597. The van der Waals surface area contributed by atoms with Crippen LogP contribution in [0.3, 0.4) is 0 Å². The third-order valence-corrected chi connectivity index (χ3v) is 4.15. The summed E-state index contributed by atoms with van der Waals surface area (Å²) in [5, 5.41) is 10.4. The summed E-state index contributed by atoms with van der Waals surface area (Å²) in [6.07, 6.45) is -4.92. The minimum atomic E-state index is -5.40. The number of ether oxygens (including phenoxy) is 1. The van der Waals surface area contributed by atoms with Crippen LogP contribution in [0, 0.1) is 0 Å². The number of fused-ring (bicyclic) bond motifs is 3. The summed E-state index contributed by atoms with van der Waals surface area (Å²) in [4.78, 5) is 37.3. The van der Waals surface area contributed by atoms with Crippen molar-refractivity contribution >= 4 is 11.9 Å². The van der Waals surface area contributed by atoms with Crippen LogP contribution in [0.4, 0.5) is 13.2 Å². The highest BCUT2D eigenvalue weighted by atomic mass is 19.4. The van der Waals surface area contributed by atoms with E-state index in [1.165, 1.54) is 0 Å². The van der Waals surface area contributed by atoms with E-state index in [0.717, 1.165) is 5.56 Å². The van der Waals surface area contributed by atoms with Gasteiger partial charge in [-0.25, -0.2) is 9.59 Å². The first kappa shape index (κ1) is 17.7. The highest BCUT2D eigenvalue weighted by Gasteiger charge is 2.43. The average molecular weight is 367 g/mol. The first-order chi connectivity index (χ1) is 12.1. The van der Waals surface area contributed by atoms with Gasteiger partial charge in [-0.3, -0.25) is 4.79 Å². The molecule has 6 nitrogen and oxygen atoms in total. The van der Waals surface area contributed by atoms with Gasteiger partial charge in [0.2, 0.25) is 0 Å². The first-order valence-corrected chi connectivity index (χ1v) is 7.52. The van der Waals surface area contributed by atoms with E-state index in [9.17, 15) is 32.7 Å². The van der Waals surface area contributed by atoms with Crippen LogP contribution < -0.4 is 5.56 Å². The number of benzene rings is 1. The number of aromatic nitrogens is 1. The van der Waals surface area contributed by atoms with Crippen LogP contribution in [0.25, 0.3) is 11.3 Å². The summed E-state index contributed by atoms with van der Waals surface area (Å²) in [6, 6.07) is 7.08. The summed E-state index contributed by atoms with van der Waals surface area (Å²) >= 11 is 0. The topological polar surface area (TPSA) is 96.5 Å². The molecule has 0 saturated carbocycles. The Morgan fingerprint density at radius 2 is 1.92 bits per heavy atom. The summed E-state index contributed by atoms with van der Waals surface area (Å²) in [6.45, 7) is 1.72. The SMILES string of the molecule is CC1Cc2ccccc2-c2[nH]c(=O)c(C(=O)OC(=O)C(F)(F)F)c(O)c21. The number of halogens is 3. The van der Waals surface area contributed by atoms with Crippen molar-refractivity contribution in [3.8, 4) is 17.0 Å². The summed E-state index contributed by atoms with van der Waals surface area (Å²) in [5.41, 5.74) is -0.155. The number of hydrogen-bond acceptors (Lipinski definition) is 5. The molecular formula is C17H12F3NO5.